The number of ether oxygens (including phenoxy) is 1. The quantitative estimate of drug-likeness (QED) is 0.654. The van der Waals surface area contributed by atoms with Gasteiger partial charge in [0.05, 0.1) is 0 Å². The molecule has 0 aromatic heterocycles. The van der Waals surface area contributed by atoms with E-state index < -0.39 is 5.97 Å². The normalized spacial score (nSPS) is 10.1. The number of esters is 1. The zero-order valence-corrected chi connectivity index (χ0v) is 13.7. The number of aryl methyl sites for hydroxylation is 2. The SMILES string of the molecule is Cc1ccc(C)c(C(=O)COC(=O)CNC(=O)c2ccccc2)c1. The highest BCUT2D eigenvalue weighted by Crippen LogP contribution is 2.11. The summed E-state index contributed by atoms with van der Waals surface area (Å²) in [5.74, 6) is -1.29. The molecule has 0 aliphatic rings. The first kappa shape index (κ1) is 17.4. The van der Waals surface area contributed by atoms with Crippen molar-refractivity contribution in [1.82, 2.24) is 5.32 Å². The van der Waals surface area contributed by atoms with Crippen molar-refractivity contribution < 1.29 is 19.1 Å². The van der Waals surface area contributed by atoms with Crippen molar-refractivity contribution in [3.63, 3.8) is 0 Å². The molecule has 0 spiro atoms. The van der Waals surface area contributed by atoms with Crippen molar-refractivity contribution in [2.45, 2.75) is 13.8 Å². The van der Waals surface area contributed by atoms with E-state index in [1.54, 1.807) is 36.4 Å². The molecule has 0 aliphatic carbocycles. The molecule has 2 aromatic rings. The number of ketones is 1. The smallest absolute Gasteiger partial charge is 0.325 e. The Balaban J connectivity index is 1.82. The Morgan fingerprint density at radius 3 is 2.42 bits per heavy atom. The van der Waals surface area contributed by atoms with Gasteiger partial charge < -0.3 is 10.1 Å². The lowest BCUT2D eigenvalue weighted by atomic mass is 10.0. The van der Waals surface area contributed by atoms with Crippen molar-refractivity contribution in [1.29, 1.82) is 0 Å². The molecule has 1 N–H and O–H groups in total. The van der Waals surface area contributed by atoms with Crippen LogP contribution in [0.2, 0.25) is 0 Å². The monoisotopic (exact) mass is 325 g/mol. The van der Waals surface area contributed by atoms with Crippen LogP contribution in [0, 0.1) is 13.8 Å². The molecule has 0 atom stereocenters. The zero-order chi connectivity index (χ0) is 17.5. The second kappa shape index (κ2) is 8.06. The van der Waals surface area contributed by atoms with Crippen LogP contribution in [-0.4, -0.2) is 30.8 Å². The molecule has 0 unspecified atom stereocenters. The van der Waals surface area contributed by atoms with E-state index >= 15 is 0 Å². The van der Waals surface area contributed by atoms with Gasteiger partial charge in [-0.25, -0.2) is 0 Å². The summed E-state index contributed by atoms with van der Waals surface area (Å²) in [6, 6.07) is 14.1. The molecule has 0 saturated carbocycles. The molecule has 124 valence electrons. The van der Waals surface area contributed by atoms with Gasteiger partial charge in [-0.1, -0.05) is 35.9 Å². The van der Waals surface area contributed by atoms with Gasteiger partial charge in [0.15, 0.2) is 6.61 Å². The summed E-state index contributed by atoms with van der Waals surface area (Å²) in [4.78, 5) is 35.6. The van der Waals surface area contributed by atoms with Crippen LogP contribution in [0.3, 0.4) is 0 Å². The van der Waals surface area contributed by atoms with Crippen molar-refractivity contribution in [3.05, 3.63) is 70.8 Å². The van der Waals surface area contributed by atoms with E-state index in [0.29, 0.717) is 11.1 Å². The van der Waals surface area contributed by atoms with Crippen LogP contribution in [0.1, 0.15) is 31.8 Å². The highest BCUT2D eigenvalue weighted by Gasteiger charge is 2.13. The summed E-state index contributed by atoms with van der Waals surface area (Å²) >= 11 is 0. The predicted molar refractivity (Wildman–Crippen MR) is 90.0 cm³/mol. The minimum absolute atomic E-state index is 0.265. The van der Waals surface area contributed by atoms with Crippen molar-refractivity contribution in [2.75, 3.05) is 13.2 Å². The van der Waals surface area contributed by atoms with Crippen LogP contribution >= 0.6 is 0 Å². The van der Waals surface area contributed by atoms with Gasteiger partial charge in [-0.2, -0.15) is 0 Å². The number of Topliss-reactive ketones (excluding diaryl/α,β-unsaturated/α-hetero) is 1. The van der Waals surface area contributed by atoms with E-state index in [9.17, 15) is 14.4 Å². The van der Waals surface area contributed by atoms with Crippen LogP contribution in [0.15, 0.2) is 48.5 Å². The third-order valence-corrected chi connectivity index (χ3v) is 3.49. The molecule has 2 aromatic carbocycles. The third-order valence-electron chi connectivity index (χ3n) is 3.49. The Kier molecular flexibility index (Phi) is 5.84. The molecule has 1 amide bonds. The molecule has 0 radical (unpaired) electrons. The van der Waals surface area contributed by atoms with Gasteiger partial charge in [0, 0.05) is 11.1 Å². The lowest BCUT2D eigenvalue weighted by molar-refractivity contribution is -0.141. The molecule has 2 rings (SSSR count). The minimum atomic E-state index is -0.655. The highest BCUT2D eigenvalue weighted by atomic mass is 16.5. The van der Waals surface area contributed by atoms with Crippen LogP contribution in [0.5, 0.6) is 0 Å². The lowest BCUT2D eigenvalue weighted by Gasteiger charge is -2.08. The number of rotatable bonds is 6. The molecule has 5 nitrogen and oxygen atoms in total. The summed E-state index contributed by atoms with van der Waals surface area (Å²) in [5, 5.41) is 2.46. The van der Waals surface area contributed by atoms with Crippen molar-refractivity contribution >= 4 is 17.7 Å². The van der Waals surface area contributed by atoms with E-state index in [-0.39, 0.29) is 24.8 Å². The molecular formula is C19H19NO4. The van der Waals surface area contributed by atoms with Gasteiger partial charge in [0.1, 0.15) is 6.54 Å². The summed E-state index contributed by atoms with van der Waals surface area (Å²) in [7, 11) is 0. The average molecular weight is 325 g/mol. The fraction of sp³-hybridized carbons (Fsp3) is 0.211. The molecule has 24 heavy (non-hydrogen) atoms. The summed E-state index contributed by atoms with van der Waals surface area (Å²) in [6.45, 7) is 3.09. The van der Waals surface area contributed by atoms with E-state index in [1.807, 2.05) is 26.0 Å². The van der Waals surface area contributed by atoms with Gasteiger partial charge in [-0.15, -0.1) is 0 Å². The van der Waals surface area contributed by atoms with Crippen LogP contribution in [-0.2, 0) is 9.53 Å². The fourth-order valence-electron chi connectivity index (χ4n) is 2.16. The van der Waals surface area contributed by atoms with Gasteiger partial charge >= 0.3 is 5.97 Å². The molecule has 0 heterocycles. The van der Waals surface area contributed by atoms with Crippen molar-refractivity contribution in [2.24, 2.45) is 0 Å². The number of hydrogen-bond donors (Lipinski definition) is 1. The van der Waals surface area contributed by atoms with Crippen molar-refractivity contribution in [3.8, 4) is 0 Å². The Hall–Kier alpha value is -2.95. The van der Waals surface area contributed by atoms with Crippen LogP contribution in [0.4, 0.5) is 0 Å². The highest BCUT2D eigenvalue weighted by molar-refractivity contribution is 6.00. The van der Waals surface area contributed by atoms with Gasteiger partial charge in [-0.3, -0.25) is 14.4 Å². The molecule has 0 bridgehead atoms. The molecule has 0 fully saturated rings. The summed E-state index contributed by atoms with van der Waals surface area (Å²) in [6.07, 6.45) is 0. The maximum atomic E-state index is 12.1. The van der Waals surface area contributed by atoms with Crippen LogP contribution < -0.4 is 5.32 Å². The first-order valence-corrected chi connectivity index (χ1v) is 7.56. The Bertz CT molecular complexity index is 753. The molecular weight excluding hydrogens is 306 g/mol. The Morgan fingerprint density at radius 1 is 1.00 bits per heavy atom. The largest absolute Gasteiger partial charge is 0.456 e. The number of amides is 1. The topological polar surface area (TPSA) is 72.5 Å². The maximum absolute atomic E-state index is 12.1. The number of carbonyl (C=O) groups is 3. The van der Waals surface area contributed by atoms with Crippen LogP contribution in [0.25, 0.3) is 0 Å². The second-order valence-electron chi connectivity index (χ2n) is 5.45. The number of nitrogens with one attached hydrogen (secondary N) is 1. The van der Waals surface area contributed by atoms with Gasteiger partial charge in [-0.05, 0) is 37.6 Å². The Morgan fingerprint density at radius 2 is 1.71 bits per heavy atom. The summed E-state index contributed by atoms with van der Waals surface area (Å²) in [5.41, 5.74) is 2.79. The van der Waals surface area contributed by atoms with Gasteiger partial charge in [0.25, 0.3) is 5.91 Å². The zero-order valence-electron chi connectivity index (χ0n) is 13.7. The maximum Gasteiger partial charge on any atom is 0.325 e. The lowest BCUT2D eigenvalue weighted by Crippen LogP contribution is -2.31. The first-order chi connectivity index (χ1) is 11.5. The van der Waals surface area contributed by atoms with E-state index in [2.05, 4.69) is 5.32 Å². The van der Waals surface area contributed by atoms with E-state index in [1.165, 1.54) is 0 Å². The molecule has 5 heteroatoms. The van der Waals surface area contributed by atoms with Gasteiger partial charge in [0.2, 0.25) is 5.78 Å². The predicted octanol–water partition coefficient (Wildman–Crippen LogP) is 2.46. The van der Waals surface area contributed by atoms with E-state index in [0.717, 1.165) is 11.1 Å². The average Bonchev–Trinajstić information content (AvgIpc) is 2.60. The summed E-state index contributed by atoms with van der Waals surface area (Å²) < 4.78 is 4.94. The standard InChI is InChI=1S/C19H19NO4/c1-13-8-9-14(2)16(10-13)17(21)12-24-18(22)11-20-19(23)15-6-4-3-5-7-15/h3-10H,11-12H2,1-2H3,(H,20,23). The Labute approximate surface area is 140 Å². The minimum Gasteiger partial charge on any atom is -0.456 e. The number of hydrogen-bond acceptors (Lipinski definition) is 4. The molecule has 0 saturated heterocycles. The number of carbonyl (C=O) groups excluding carboxylic acids is 3. The molecule has 0 aliphatic heterocycles. The third kappa shape index (κ3) is 4.78. The van der Waals surface area contributed by atoms with E-state index in [4.69, 9.17) is 4.74 Å². The number of benzene rings is 2. The fourth-order valence-corrected chi connectivity index (χ4v) is 2.16. The second-order valence-corrected chi connectivity index (χ2v) is 5.45. The first-order valence-electron chi connectivity index (χ1n) is 7.56.